The van der Waals surface area contributed by atoms with Crippen LogP contribution in [0.2, 0.25) is 0 Å². The molecule has 3 heterocycles. The fourth-order valence-electron chi connectivity index (χ4n) is 4.86. The van der Waals surface area contributed by atoms with Gasteiger partial charge in [-0.1, -0.05) is 24.3 Å². The Kier molecular flexibility index (Phi) is 6.60. The number of para-hydroxylation sites is 1. The van der Waals surface area contributed by atoms with Gasteiger partial charge in [0.25, 0.3) is 11.8 Å². The van der Waals surface area contributed by atoms with E-state index in [9.17, 15) is 28.3 Å². The number of rotatable bonds is 6. The summed E-state index contributed by atoms with van der Waals surface area (Å²) in [4.78, 5) is 45.7. The second-order valence-electron chi connectivity index (χ2n) is 8.83. The molecule has 2 aliphatic rings. The summed E-state index contributed by atoms with van der Waals surface area (Å²) in [6, 6.07) is 11.5. The molecule has 0 aliphatic carbocycles. The number of aromatic hydroxyl groups is 1. The van der Waals surface area contributed by atoms with Crippen LogP contribution in [0, 0.1) is 11.6 Å². The van der Waals surface area contributed by atoms with Crippen LogP contribution in [0.5, 0.6) is 11.5 Å². The van der Waals surface area contributed by atoms with Crippen LogP contribution in [0.4, 0.5) is 8.78 Å². The van der Waals surface area contributed by atoms with Crippen LogP contribution in [-0.4, -0.2) is 62.5 Å². The Morgan fingerprint density at radius 3 is 2.49 bits per heavy atom. The number of hydrogen-bond acceptors (Lipinski definition) is 6. The molecule has 2 aliphatic heterocycles. The SMILES string of the molecule is O=C1c2c(O)c(=O)nc([C@@H]3CCCN3C(=O)c3c(F)cccc3F)n2CCN1CCOc1ccccc1. The molecule has 11 heteroatoms. The monoisotopic (exact) mass is 510 g/mol. The quantitative estimate of drug-likeness (QED) is 0.547. The van der Waals surface area contributed by atoms with Crippen LogP contribution < -0.4 is 10.3 Å². The number of hydrogen-bond donors (Lipinski definition) is 1. The molecule has 1 fully saturated rings. The van der Waals surface area contributed by atoms with E-state index in [0.717, 1.165) is 12.1 Å². The molecular weight excluding hydrogens is 486 g/mol. The maximum atomic E-state index is 14.3. The zero-order chi connectivity index (χ0) is 26.1. The van der Waals surface area contributed by atoms with Crippen LogP contribution >= 0.6 is 0 Å². The van der Waals surface area contributed by atoms with Gasteiger partial charge in [0.1, 0.15) is 35.4 Å². The molecule has 2 aromatic carbocycles. The highest BCUT2D eigenvalue weighted by molar-refractivity contribution is 5.96. The van der Waals surface area contributed by atoms with Crippen molar-refractivity contribution in [3.8, 4) is 11.5 Å². The number of benzene rings is 2. The van der Waals surface area contributed by atoms with Crippen molar-refractivity contribution in [3.63, 3.8) is 0 Å². The van der Waals surface area contributed by atoms with Crippen molar-refractivity contribution in [1.82, 2.24) is 19.4 Å². The highest BCUT2D eigenvalue weighted by atomic mass is 19.1. The number of fused-ring (bicyclic) bond motifs is 1. The zero-order valence-electron chi connectivity index (χ0n) is 19.8. The first-order valence-corrected chi connectivity index (χ1v) is 11.9. The molecule has 1 saturated heterocycles. The Labute approximate surface area is 210 Å². The molecule has 0 radical (unpaired) electrons. The van der Waals surface area contributed by atoms with Gasteiger partial charge in [-0.05, 0) is 37.1 Å². The first-order chi connectivity index (χ1) is 17.9. The van der Waals surface area contributed by atoms with Crippen molar-refractivity contribution < 1.29 is 28.2 Å². The Balaban J connectivity index is 1.42. The number of halogens is 2. The van der Waals surface area contributed by atoms with Gasteiger partial charge in [-0.3, -0.25) is 14.4 Å². The smallest absolute Gasteiger partial charge is 0.315 e. The summed E-state index contributed by atoms with van der Waals surface area (Å²) in [6.07, 6.45) is 0.886. The lowest BCUT2D eigenvalue weighted by Gasteiger charge is -2.33. The fourth-order valence-corrected chi connectivity index (χ4v) is 4.86. The number of ether oxygens (including phenoxy) is 1. The third-order valence-electron chi connectivity index (χ3n) is 6.63. The van der Waals surface area contributed by atoms with Gasteiger partial charge in [-0.25, -0.2) is 8.78 Å². The second-order valence-corrected chi connectivity index (χ2v) is 8.83. The Morgan fingerprint density at radius 1 is 1.03 bits per heavy atom. The minimum atomic E-state index is -1.01. The molecule has 0 spiro atoms. The largest absolute Gasteiger partial charge is 0.501 e. The van der Waals surface area contributed by atoms with Gasteiger partial charge in [0, 0.05) is 19.6 Å². The van der Waals surface area contributed by atoms with E-state index in [1.165, 1.54) is 20.4 Å². The van der Waals surface area contributed by atoms with E-state index in [2.05, 4.69) is 4.98 Å². The maximum absolute atomic E-state index is 14.3. The van der Waals surface area contributed by atoms with Gasteiger partial charge in [-0.2, -0.15) is 4.98 Å². The Hall–Kier alpha value is -4.28. The highest BCUT2D eigenvalue weighted by Gasteiger charge is 2.39. The average molecular weight is 510 g/mol. The summed E-state index contributed by atoms with van der Waals surface area (Å²) in [7, 11) is 0. The molecule has 2 amide bonds. The standard InChI is InChI=1S/C26H24F2N4O5/c27-17-8-4-9-18(28)20(17)25(35)31-11-5-10-19(31)23-29-24(34)22(33)21-26(36)30(12-13-32(21)23)14-15-37-16-6-2-1-3-7-16/h1-4,6-9,19,33H,5,10-15H2/t19-/m0/s1. The predicted octanol–water partition coefficient (Wildman–Crippen LogP) is 2.74. The Bertz CT molecular complexity index is 1390. The number of aromatic nitrogens is 2. The van der Waals surface area contributed by atoms with E-state index in [-0.39, 0.29) is 44.3 Å². The van der Waals surface area contributed by atoms with E-state index < -0.39 is 46.4 Å². The summed E-state index contributed by atoms with van der Waals surface area (Å²) in [5.41, 5.74) is -1.92. The predicted molar refractivity (Wildman–Crippen MR) is 127 cm³/mol. The molecule has 5 rings (SSSR count). The third kappa shape index (κ3) is 4.52. The topological polar surface area (TPSA) is 105 Å². The lowest BCUT2D eigenvalue weighted by Crippen LogP contribution is -2.46. The molecule has 3 aromatic rings. The number of likely N-dealkylation sites (tertiary alicyclic amines) is 1. The number of amides is 2. The molecule has 1 atom stereocenters. The molecule has 192 valence electrons. The van der Waals surface area contributed by atoms with E-state index in [4.69, 9.17) is 4.74 Å². The molecule has 37 heavy (non-hydrogen) atoms. The lowest BCUT2D eigenvalue weighted by atomic mass is 10.1. The maximum Gasteiger partial charge on any atom is 0.315 e. The van der Waals surface area contributed by atoms with Gasteiger partial charge >= 0.3 is 5.56 Å². The molecule has 9 nitrogen and oxygen atoms in total. The van der Waals surface area contributed by atoms with Gasteiger partial charge in [-0.15, -0.1) is 0 Å². The van der Waals surface area contributed by atoms with Gasteiger partial charge in [0.2, 0.25) is 5.75 Å². The number of carbonyl (C=O) groups is 2. The Morgan fingerprint density at radius 2 is 1.76 bits per heavy atom. The van der Waals surface area contributed by atoms with Crippen molar-refractivity contribution >= 4 is 11.8 Å². The van der Waals surface area contributed by atoms with Crippen LogP contribution in [0.25, 0.3) is 0 Å². The van der Waals surface area contributed by atoms with E-state index >= 15 is 0 Å². The summed E-state index contributed by atoms with van der Waals surface area (Å²) < 4.78 is 35.7. The third-order valence-corrected chi connectivity index (χ3v) is 6.63. The molecule has 1 aromatic heterocycles. The fraction of sp³-hybridized carbons (Fsp3) is 0.308. The first kappa shape index (κ1) is 24.4. The summed E-state index contributed by atoms with van der Waals surface area (Å²) in [5, 5.41) is 10.5. The molecule has 1 N–H and O–H groups in total. The number of carbonyl (C=O) groups excluding carboxylic acids is 2. The van der Waals surface area contributed by atoms with E-state index in [1.54, 1.807) is 12.1 Å². The summed E-state index contributed by atoms with van der Waals surface area (Å²) in [5.74, 6) is -3.44. The van der Waals surface area contributed by atoms with Gasteiger partial charge in [0.15, 0.2) is 5.69 Å². The number of nitrogens with zero attached hydrogens (tertiary/aromatic N) is 4. The summed E-state index contributed by atoms with van der Waals surface area (Å²) in [6.45, 7) is 1.08. The second kappa shape index (κ2) is 10.00. The lowest BCUT2D eigenvalue weighted by molar-refractivity contribution is 0.0655. The van der Waals surface area contributed by atoms with Crippen molar-refractivity contribution in [2.75, 3.05) is 26.2 Å². The average Bonchev–Trinajstić information content (AvgIpc) is 3.37. The highest BCUT2D eigenvalue weighted by Crippen LogP contribution is 2.35. The van der Waals surface area contributed by atoms with Crippen LogP contribution in [-0.2, 0) is 6.54 Å². The normalized spacial score (nSPS) is 17.1. The van der Waals surface area contributed by atoms with Crippen LogP contribution in [0.3, 0.4) is 0 Å². The molecule has 0 unspecified atom stereocenters. The van der Waals surface area contributed by atoms with Crippen LogP contribution in [0.15, 0.2) is 53.3 Å². The molecule has 0 bridgehead atoms. The van der Waals surface area contributed by atoms with Crippen molar-refractivity contribution in [2.45, 2.75) is 25.4 Å². The molecular formula is C26H24F2N4O5. The minimum Gasteiger partial charge on any atom is -0.501 e. The van der Waals surface area contributed by atoms with E-state index in [1.807, 2.05) is 18.2 Å². The summed E-state index contributed by atoms with van der Waals surface area (Å²) >= 11 is 0. The first-order valence-electron chi connectivity index (χ1n) is 11.9. The minimum absolute atomic E-state index is 0.105. The van der Waals surface area contributed by atoms with E-state index in [0.29, 0.717) is 18.6 Å². The zero-order valence-corrected chi connectivity index (χ0v) is 19.8. The molecule has 0 saturated carbocycles. The van der Waals surface area contributed by atoms with Crippen molar-refractivity contribution in [3.05, 3.63) is 87.6 Å². The van der Waals surface area contributed by atoms with Crippen molar-refractivity contribution in [2.24, 2.45) is 0 Å². The van der Waals surface area contributed by atoms with Crippen LogP contribution in [0.1, 0.15) is 45.6 Å². The van der Waals surface area contributed by atoms with Gasteiger partial charge in [0.05, 0.1) is 12.6 Å². The van der Waals surface area contributed by atoms with Gasteiger partial charge < -0.3 is 24.2 Å². The van der Waals surface area contributed by atoms with Crippen molar-refractivity contribution in [1.29, 1.82) is 0 Å².